The van der Waals surface area contributed by atoms with Crippen LogP contribution in [0, 0.1) is 46.3 Å². The van der Waals surface area contributed by atoms with E-state index in [2.05, 4.69) is 45.0 Å². The SMILES string of the molecule is C[C@H](CCC(=O)O)[C@H]1CC[C@H]2[C@@H]3CC[C@@H]4C[C@](O)(c5ccc(-c6c(Cl)cccc6Cl)cc5)CC[C@]4(C)[C@H]3CC[C@]12C. The van der Waals surface area contributed by atoms with Gasteiger partial charge in [-0.25, -0.2) is 0 Å². The minimum Gasteiger partial charge on any atom is -0.481 e. The van der Waals surface area contributed by atoms with E-state index >= 15 is 0 Å². The number of hydrogen-bond donors (Lipinski definition) is 2. The first-order valence-corrected chi connectivity index (χ1v) is 16.7. The number of rotatable bonds is 6. The molecule has 0 amide bonds. The van der Waals surface area contributed by atoms with Crippen molar-refractivity contribution in [2.45, 2.75) is 97.0 Å². The Hall–Kier alpha value is -1.55. The Kier molecular flexibility index (Phi) is 7.82. The highest BCUT2D eigenvalue weighted by atomic mass is 35.5. The number of carboxylic acid groups (broad SMARTS) is 1. The summed E-state index contributed by atoms with van der Waals surface area (Å²) >= 11 is 12.9. The molecule has 222 valence electrons. The Balaban J connectivity index is 1.17. The lowest BCUT2D eigenvalue weighted by Gasteiger charge is -2.62. The van der Waals surface area contributed by atoms with Gasteiger partial charge in [0.05, 0.1) is 5.60 Å². The molecule has 9 atom stereocenters. The maximum atomic E-state index is 12.0. The Labute approximate surface area is 256 Å². The summed E-state index contributed by atoms with van der Waals surface area (Å²) in [5.74, 6) is 3.29. The Morgan fingerprint density at radius 2 is 1.59 bits per heavy atom. The normalized spacial score (nSPS) is 38.9. The number of fused-ring (bicyclic) bond motifs is 5. The summed E-state index contributed by atoms with van der Waals surface area (Å²) in [6.07, 6.45) is 11.5. The molecule has 2 aromatic carbocycles. The molecule has 41 heavy (non-hydrogen) atoms. The maximum absolute atomic E-state index is 12.0. The fraction of sp³-hybridized carbons (Fsp3) is 0.639. The van der Waals surface area contributed by atoms with Crippen molar-refractivity contribution in [3.05, 3.63) is 58.1 Å². The third kappa shape index (κ3) is 4.96. The average molecular weight is 598 g/mol. The van der Waals surface area contributed by atoms with E-state index in [9.17, 15) is 15.0 Å². The van der Waals surface area contributed by atoms with Crippen LogP contribution in [0.15, 0.2) is 42.5 Å². The molecular formula is C36H46Cl2O3. The predicted molar refractivity (Wildman–Crippen MR) is 167 cm³/mol. The van der Waals surface area contributed by atoms with E-state index < -0.39 is 11.6 Å². The van der Waals surface area contributed by atoms with Gasteiger partial charge < -0.3 is 10.2 Å². The number of benzene rings is 2. The van der Waals surface area contributed by atoms with Gasteiger partial charge in [-0.3, -0.25) is 4.79 Å². The zero-order valence-electron chi connectivity index (χ0n) is 24.8. The van der Waals surface area contributed by atoms with E-state index in [0.717, 1.165) is 60.1 Å². The van der Waals surface area contributed by atoms with Crippen LogP contribution in [0.2, 0.25) is 10.0 Å². The number of halogens is 2. The molecule has 4 aliphatic carbocycles. The second-order valence-corrected chi connectivity index (χ2v) is 15.5. The van der Waals surface area contributed by atoms with Crippen molar-refractivity contribution in [3.63, 3.8) is 0 Å². The van der Waals surface area contributed by atoms with E-state index in [1.807, 2.05) is 18.2 Å². The summed E-state index contributed by atoms with van der Waals surface area (Å²) in [6, 6.07) is 13.9. The zero-order chi connectivity index (χ0) is 29.2. The van der Waals surface area contributed by atoms with Gasteiger partial charge in [0.15, 0.2) is 0 Å². The molecule has 4 aliphatic rings. The highest BCUT2D eigenvalue weighted by Crippen LogP contribution is 2.69. The van der Waals surface area contributed by atoms with Gasteiger partial charge in [-0.15, -0.1) is 0 Å². The quantitative estimate of drug-likeness (QED) is 0.348. The van der Waals surface area contributed by atoms with Crippen molar-refractivity contribution >= 4 is 29.2 Å². The molecule has 4 saturated carbocycles. The maximum Gasteiger partial charge on any atom is 0.303 e. The van der Waals surface area contributed by atoms with E-state index in [1.165, 1.54) is 38.5 Å². The van der Waals surface area contributed by atoms with Crippen molar-refractivity contribution in [1.29, 1.82) is 0 Å². The van der Waals surface area contributed by atoms with Crippen molar-refractivity contribution in [3.8, 4) is 11.1 Å². The molecule has 0 spiro atoms. The molecule has 0 heterocycles. The second-order valence-electron chi connectivity index (χ2n) is 14.7. The summed E-state index contributed by atoms with van der Waals surface area (Å²) in [4.78, 5) is 11.2. The average Bonchev–Trinajstić information content (AvgIpc) is 3.30. The standard InChI is InChI=1S/C36H46Cl2O3/c1-22(7-16-32(39)40)27-14-15-28-26-13-12-25-21-36(41,20-19-34(25,2)29(26)17-18-35(27,28)3)24-10-8-23(9-11-24)33-30(37)5-4-6-31(33)38/h4-6,8-11,22,25-29,41H,7,12-21H2,1-3H3,(H,39,40)/t22-,25-,26+,27-,28+,29+,34+,35-,36+/m1/s1. The van der Waals surface area contributed by atoms with Crippen LogP contribution in [0.25, 0.3) is 11.1 Å². The van der Waals surface area contributed by atoms with E-state index in [0.29, 0.717) is 39.6 Å². The Bertz CT molecular complexity index is 1270. The lowest BCUT2D eigenvalue weighted by Crippen LogP contribution is -2.55. The summed E-state index contributed by atoms with van der Waals surface area (Å²) < 4.78 is 0. The molecule has 4 fully saturated rings. The van der Waals surface area contributed by atoms with E-state index in [-0.39, 0.29) is 5.41 Å². The monoisotopic (exact) mass is 596 g/mol. The number of aliphatic hydroxyl groups is 1. The Morgan fingerprint density at radius 1 is 0.902 bits per heavy atom. The van der Waals surface area contributed by atoms with E-state index in [1.54, 1.807) is 0 Å². The van der Waals surface area contributed by atoms with Crippen LogP contribution in [-0.2, 0) is 10.4 Å². The van der Waals surface area contributed by atoms with Gasteiger partial charge in [0.2, 0.25) is 0 Å². The molecule has 0 aromatic heterocycles. The molecule has 0 unspecified atom stereocenters. The molecule has 0 bridgehead atoms. The van der Waals surface area contributed by atoms with Crippen LogP contribution in [0.4, 0.5) is 0 Å². The van der Waals surface area contributed by atoms with Crippen LogP contribution in [0.3, 0.4) is 0 Å². The van der Waals surface area contributed by atoms with Gasteiger partial charge in [0.25, 0.3) is 0 Å². The molecule has 2 aromatic rings. The summed E-state index contributed by atoms with van der Waals surface area (Å²) in [5.41, 5.74) is 2.68. The highest BCUT2D eigenvalue weighted by Gasteiger charge is 2.61. The molecule has 3 nitrogen and oxygen atoms in total. The molecular weight excluding hydrogens is 551 g/mol. The molecule has 6 rings (SSSR count). The van der Waals surface area contributed by atoms with Crippen LogP contribution in [-0.4, -0.2) is 16.2 Å². The van der Waals surface area contributed by atoms with Gasteiger partial charge in [-0.1, -0.05) is 74.3 Å². The fourth-order valence-electron chi connectivity index (χ4n) is 10.8. The molecule has 0 radical (unpaired) electrons. The molecule has 2 N–H and O–H groups in total. The third-order valence-electron chi connectivity index (χ3n) is 13.0. The first-order chi connectivity index (χ1) is 19.5. The summed E-state index contributed by atoms with van der Waals surface area (Å²) in [6.45, 7) is 7.42. The number of aliphatic carboxylic acids is 1. The van der Waals surface area contributed by atoms with Crippen LogP contribution < -0.4 is 0 Å². The Morgan fingerprint density at radius 3 is 2.27 bits per heavy atom. The van der Waals surface area contributed by atoms with Gasteiger partial charge in [-0.2, -0.15) is 0 Å². The van der Waals surface area contributed by atoms with Crippen molar-refractivity contribution in [2.75, 3.05) is 0 Å². The smallest absolute Gasteiger partial charge is 0.303 e. The van der Waals surface area contributed by atoms with Crippen LogP contribution in [0.1, 0.15) is 97.0 Å². The van der Waals surface area contributed by atoms with Crippen LogP contribution in [0.5, 0.6) is 0 Å². The molecule has 0 aliphatic heterocycles. The molecule has 5 heteroatoms. The van der Waals surface area contributed by atoms with Crippen molar-refractivity contribution < 1.29 is 15.0 Å². The lowest BCUT2D eigenvalue weighted by atomic mass is 9.43. The minimum absolute atomic E-state index is 0.286. The minimum atomic E-state index is -0.791. The second kappa shape index (κ2) is 10.9. The first kappa shape index (κ1) is 29.5. The molecule has 0 saturated heterocycles. The zero-order valence-corrected chi connectivity index (χ0v) is 26.4. The topological polar surface area (TPSA) is 57.5 Å². The van der Waals surface area contributed by atoms with E-state index in [4.69, 9.17) is 23.2 Å². The predicted octanol–water partition coefficient (Wildman–Crippen LogP) is 10.0. The highest BCUT2D eigenvalue weighted by molar-refractivity contribution is 6.39. The fourth-order valence-corrected chi connectivity index (χ4v) is 11.4. The third-order valence-corrected chi connectivity index (χ3v) is 13.6. The number of carbonyl (C=O) groups is 1. The first-order valence-electron chi connectivity index (χ1n) is 16.0. The van der Waals surface area contributed by atoms with Gasteiger partial charge in [-0.05, 0) is 134 Å². The summed E-state index contributed by atoms with van der Waals surface area (Å²) in [7, 11) is 0. The number of hydrogen-bond acceptors (Lipinski definition) is 2. The lowest BCUT2D eigenvalue weighted by molar-refractivity contribution is -0.155. The largest absolute Gasteiger partial charge is 0.481 e. The van der Waals surface area contributed by atoms with Crippen molar-refractivity contribution in [1.82, 2.24) is 0 Å². The van der Waals surface area contributed by atoms with Crippen LogP contribution >= 0.6 is 23.2 Å². The van der Waals surface area contributed by atoms with Gasteiger partial charge in [0.1, 0.15) is 0 Å². The van der Waals surface area contributed by atoms with Crippen molar-refractivity contribution in [2.24, 2.45) is 46.3 Å². The van der Waals surface area contributed by atoms with Gasteiger partial charge >= 0.3 is 5.97 Å². The number of carboxylic acids is 1. The van der Waals surface area contributed by atoms with Gasteiger partial charge in [0, 0.05) is 22.0 Å². The summed E-state index contributed by atoms with van der Waals surface area (Å²) in [5, 5.41) is 22.6.